The average molecular weight is 244 g/mol. The summed E-state index contributed by atoms with van der Waals surface area (Å²) in [7, 11) is 1.55. The van der Waals surface area contributed by atoms with Gasteiger partial charge in [-0.2, -0.15) is 0 Å². The number of nitrogens with one attached hydrogen (secondary N) is 1. The largest absolute Gasteiger partial charge is 0.490 e. The van der Waals surface area contributed by atoms with Crippen molar-refractivity contribution in [1.29, 1.82) is 0 Å². The van der Waals surface area contributed by atoms with Gasteiger partial charge in [0.1, 0.15) is 6.33 Å². The first-order valence-corrected chi connectivity index (χ1v) is 5.55. The average Bonchev–Trinajstić information content (AvgIpc) is 2.79. The molecule has 1 aliphatic rings. The predicted octanol–water partition coefficient (Wildman–Crippen LogP) is 1.59. The fraction of sp³-hybridized carbons (Fsp3) is 0.600. The Labute approximate surface area is 99.1 Å². The fourth-order valence-corrected chi connectivity index (χ4v) is 1.85. The number of halogens is 1. The van der Waals surface area contributed by atoms with E-state index in [1.165, 1.54) is 6.33 Å². The molecule has 0 aromatic carbocycles. The third-order valence-electron chi connectivity index (χ3n) is 2.55. The van der Waals surface area contributed by atoms with Gasteiger partial charge >= 0.3 is 0 Å². The SMILES string of the molecule is COc1c(Cl)ncnc1NCC1CCOC1. The summed E-state index contributed by atoms with van der Waals surface area (Å²) in [6, 6.07) is 0. The molecule has 1 aromatic rings. The van der Waals surface area contributed by atoms with E-state index in [1.807, 2.05) is 0 Å². The van der Waals surface area contributed by atoms with E-state index in [1.54, 1.807) is 7.11 Å². The first kappa shape index (κ1) is 11.4. The molecule has 2 rings (SSSR count). The van der Waals surface area contributed by atoms with Gasteiger partial charge in [0.25, 0.3) is 0 Å². The van der Waals surface area contributed by atoms with Crippen molar-refractivity contribution in [2.45, 2.75) is 6.42 Å². The molecule has 1 N–H and O–H groups in total. The quantitative estimate of drug-likeness (QED) is 0.814. The predicted molar refractivity (Wildman–Crippen MR) is 61.0 cm³/mol. The van der Waals surface area contributed by atoms with Crippen molar-refractivity contribution >= 4 is 17.4 Å². The van der Waals surface area contributed by atoms with Gasteiger partial charge in [0, 0.05) is 19.1 Å². The van der Waals surface area contributed by atoms with Gasteiger partial charge in [0.05, 0.1) is 13.7 Å². The standard InChI is InChI=1S/C10H14ClN3O2/c1-15-8-9(11)13-6-14-10(8)12-4-7-2-3-16-5-7/h6-7H,2-5H2,1H3,(H,12,13,14). The molecule has 16 heavy (non-hydrogen) atoms. The van der Waals surface area contributed by atoms with E-state index < -0.39 is 0 Å². The highest BCUT2D eigenvalue weighted by Crippen LogP contribution is 2.28. The summed E-state index contributed by atoms with van der Waals surface area (Å²) in [5.41, 5.74) is 0. The summed E-state index contributed by atoms with van der Waals surface area (Å²) < 4.78 is 10.4. The van der Waals surface area contributed by atoms with Gasteiger partial charge in [-0.15, -0.1) is 0 Å². The van der Waals surface area contributed by atoms with Crippen molar-refractivity contribution in [1.82, 2.24) is 9.97 Å². The van der Waals surface area contributed by atoms with Crippen LogP contribution in [0.3, 0.4) is 0 Å². The molecule has 0 radical (unpaired) electrons. The molecule has 2 heterocycles. The van der Waals surface area contributed by atoms with Gasteiger partial charge in [0.15, 0.2) is 16.7 Å². The van der Waals surface area contributed by atoms with E-state index >= 15 is 0 Å². The number of rotatable bonds is 4. The Morgan fingerprint density at radius 3 is 3.19 bits per heavy atom. The molecule has 1 saturated heterocycles. The lowest BCUT2D eigenvalue weighted by atomic mass is 10.1. The monoisotopic (exact) mass is 243 g/mol. The van der Waals surface area contributed by atoms with Gasteiger partial charge in [-0.05, 0) is 6.42 Å². The van der Waals surface area contributed by atoms with Gasteiger partial charge in [0.2, 0.25) is 0 Å². The molecular weight excluding hydrogens is 230 g/mol. The smallest absolute Gasteiger partial charge is 0.198 e. The second-order valence-electron chi connectivity index (χ2n) is 3.66. The molecule has 0 spiro atoms. The maximum atomic E-state index is 5.88. The highest BCUT2D eigenvalue weighted by atomic mass is 35.5. The van der Waals surface area contributed by atoms with Crippen LogP contribution in [0.25, 0.3) is 0 Å². The van der Waals surface area contributed by atoms with Crippen LogP contribution in [-0.2, 0) is 4.74 Å². The zero-order chi connectivity index (χ0) is 11.4. The minimum atomic E-state index is 0.322. The van der Waals surface area contributed by atoms with E-state index in [4.69, 9.17) is 21.1 Å². The topological polar surface area (TPSA) is 56.3 Å². The van der Waals surface area contributed by atoms with Crippen LogP contribution in [0.15, 0.2) is 6.33 Å². The van der Waals surface area contributed by atoms with Gasteiger partial charge < -0.3 is 14.8 Å². The van der Waals surface area contributed by atoms with Crippen LogP contribution in [0.5, 0.6) is 5.75 Å². The second kappa shape index (κ2) is 5.32. The molecule has 5 nitrogen and oxygen atoms in total. The minimum absolute atomic E-state index is 0.322. The Morgan fingerprint density at radius 1 is 1.62 bits per heavy atom. The van der Waals surface area contributed by atoms with Crippen LogP contribution >= 0.6 is 11.6 Å². The molecule has 0 aliphatic carbocycles. The molecule has 0 amide bonds. The molecule has 1 aromatic heterocycles. The Bertz CT molecular complexity index is 356. The van der Waals surface area contributed by atoms with E-state index in [9.17, 15) is 0 Å². The van der Waals surface area contributed by atoms with Crippen LogP contribution in [0.2, 0.25) is 5.15 Å². The molecule has 1 aliphatic heterocycles. The highest BCUT2D eigenvalue weighted by molar-refractivity contribution is 6.31. The zero-order valence-corrected chi connectivity index (χ0v) is 9.83. The Hall–Kier alpha value is -1.07. The van der Waals surface area contributed by atoms with Gasteiger partial charge in [-0.3, -0.25) is 0 Å². The fourth-order valence-electron chi connectivity index (χ4n) is 1.64. The van der Waals surface area contributed by atoms with Crippen LogP contribution < -0.4 is 10.1 Å². The van der Waals surface area contributed by atoms with Crippen molar-refractivity contribution in [2.24, 2.45) is 5.92 Å². The summed E-state index contributed by atoms with van der Waals surface area (Å²) >= 11 is 5.88. The molecule has 88 valence electrons. The molecular formula is C10H14ClN3O2. The summed E-state index contributed by atoms with van der Waals surface area (Å²) in [5, 5.41) is 3.53. The molecule has 6 heteroatoms. The number of hydrogen-bond acceptors (Lipinski definition) is 5. The minimum Gasteiger partial charge on any atom is -0.490 e. The lowest BCUT2D eigenvalue weighted by Crippen LogP contribution is -2.15. The van der Waals surface area contributed by atoms with Crippen LogP contribution in [0.1, 0.15) is 6.42 Å². The van der Waals surface area contributed by atoms with Crippen LogP contribution in [0.4, 0.5) is 5.82 Å². The molecule has 1 fully saturated rings. The maximum Gasteiger partial charge on any atom is 0.198 e. The van der Waals surface area contributed by atoms with Gasteiger partial charge in [-0.25, -0.2) is 9.97 Å². The van der Waals surface area contributed by atoms with E-state index in [-0.39, 0.29) is 0 Å². The number of hydrogen-bond donors (Lipinski definition) is 1. The van der Waals surface area contributed by atoms with E-state index in [0.29, 0.717) is 22.6 Å². The van der Waals surface area contributed by atoms with E-state index in [0.717, 1.165) is 26.2 Å². The first-order chi connectivity index (χ1) is 7.81. The number of methoxy groups -OCH3 is 1. The number of ether oxygens (including phenoxy) is 2. The van der Waals surface area contributed by atoms with Crippen LogP contribution in [-0.4, -0.2) is 36.8 Å². The van der Waals surface area contributed by atoms with Crippen molar-refractivity contribution in [2.75, 3.05) is 32.2 Å². The number of nitrogens with zero attached hydrogens (tertiary/aromatic N) is 2. The lowest BCUT2D eigenvalue weighted by molar-refractivity contribution is 0.187. The normalized spacial score (nSPS) is 19.8. The second-order valence-corrected chi connectivity index (χ2v) is 4.01. The molecule has 0 bridgehead atoms. The zero-order valence-electron chi connectivity index (χ0n) is 9.07. The first-order valence-electron chi connectivity index (χ1n) is 5.17. The summed E-state index contributed by atoms with van der Waals surface area (Å²) in [5.74, 6) is 1.65. The third kappa shape index (κ3) is 2.54. The van der Waals surface area contributed by atoms with Gasteiger partial charge in [-0.1, -0.05) is 11.6 Å². The summed E-state index contributed by atoms with van der Waals surface area (Å²) in [6.45, 7) is 2.45. The number of anilines is 1. The Morgan fingerprint density at radius 2 is 2.50 bits per heavy atom. The maximum absolute atomic E-state index is 5.88. The Balaban J connectivity index is 2.00. The Kier molecular flexibility index (Phi) is 3.79. The lowest BCUT2D eigenvalue weighted by Gasteiger charge is -2.12. The van der Waals surface area contributed by atoms with Crippen molar-refractivity contribution in [3.8, 4) is 5.75 Å². The van der Waals surface area contributed by atoms with E-state index in [2.05, 4.69) is 15.3 Å². The van der Waals surface area contributed by atoms with Crippen LogP contribution in [0, 0.1) is 5.92 Å². The third-order valence-corrected chi connectivity index (χ3v) is 2.82. The van der Waals surface area contributed by atoms with Crippen molar-refractivity contribution in [3.63, 3.8) is 0 Å². The summed E-state index contributed by atoms with van der Waals surface area (Å²) in [4.78, 5) is 7.95. The molecule has 0 saturated carbocycles. The molecule has 1 atom stereocenters. The highest BCUT2D eigenvalue weighted by Gasteiger charge is 2.17. The van der Waals surface area contributed by atoms with Crippen molar-refractivity contribution < 1.29 is 9.47 Å². The summed E-state index contributed by atoms with van der Waals surface area (Å²) in [6.07, 6.45) is 2.49. The molecule has 1 unspecified atom stereocenters. The van der Waals surface area contributed by atoms with Crippen molar-refractivity contribution in [3.05, 3.63) is 11.5 Å². The number of aromatic nitrogens is 2.